The average Bonchev–Trinajstić information content (AvgIpc) is 2.91. The molecule has 0 aromatic heterocycles. The van der Waals surface area contributed by atoms with Crippen molar-refractivity contribution in [2.45, 2.75) is 58.8 Å². The quantitative estimate of drug-likeness (QED) is 0.754. The van der Waals surface area contributed by atoms with Crippen LogP contribution in [0.4, 0.5) is 10.5 Å². The van der Waals surface area contributed by atoms with E-state index in [1.165, 1.54) is 0 Å². The lowest BCUT2D eigenvalue weighted by Gasteiger charge is -2.17. The molecule has 0 spiro atoms. The number of benzene rings is 1. The van der Waals surface area contributed by atoms with Gasteiger partial charge in [-0.05, 0) is 50.8 Å². The van der Waals surface area contributed by atoms with Crippen LogP contribution >= 0.6 is 0 Å². The third-order valence-corrected chi connectivity index (χ3v) is 4.41. The van der Waals surface area contributed by atoms with Gasteiger partial charge >= 0.3 is 6.03 Å². The molecule has 0 heterocycles. The Bertz CT molecular complexity index is 531. The molecule has 1 aromatic rings. The maximum Gasteiger partial charge on any atom is 0.319 e. The molecule has 2 rings (SSSR count). The molecular weight excluding hydrogens is 292 g/mol. The number of amides is 2. The summed E-state index contributed by atoms with van der Waals surface area (Å²) in [5.41, 5.74) is 2.88. The maximum atomic E-state index is 12.1. The van der Waals surface area contributed by atoms with Crippen LogP contribution in [0.3, 0.4) is 0 Å². The van der Waals surface area contributed by atoms with E-state index in [9.17, 15) is 9.90 Å². The molecule has 128 valence electrons. The minimum atomic E-state index is -0.284. The first kappa shape index (κ1) is 17.8. The number of rotatable bonds is 6. The number of urea groups is 1. The molecule has 0 saturated heterocycles. The first-order chi connectivity index (χ1) is 11.0. The van der Waals surface area contributed by atoms with Crippen LogP contribution in [0, 0.1) is 12.8 Å². The van der Waals surface area contributed by atoms with Crippen molar-refractivity contribution >= 4 is 11.7 Å². The predicted molar refractivity (Wildman–Crippen MR) is 91.5 cm³/mol. The summed E-state index contributed by atoms with van der Waals surface area (Å²) < 4.78 is 5.64. The highest BCUT2D eigenvalue weighted by atomic mass is 16.5. The van der Waals surface area contributed by atoms with Crippen LogP contribution in [0.2, 0.25) is 0 Å². The second-order valence-electron chi connectivity index (χ2n) is 6.54. The van der Waals surface area contributed by atoms with Gasteiger partial charge in [-0.2, -0.15) is 0 Å². The van der Waals surface area contributed by atoms with E-state index >= 15 is 0 Å². The molecule has 1 saturated carbocycles. The molecule has 1 aliphatic carbocycles. The van der Waals surface area contributed by atoms with Crippen molar-refractivity contribution in [2.24, 2.45) is 5.92 Å². The van der Waals surface area contributed by atoms with E-state index in [2.05, 4.69) is 10.6 Å². The summed E-state index contributed by atoms with van der Waals surface area (Å²) in [7, 11) is 0. The molecule has 1 aromatic carbocycles. The van der Waals surface area contributed by atoms with Gasteiger partial charge in [0.15, 0.2) is 0 Å². The molecule has 1 aliphatic rings. The van der Waals surface area contributed by atoms with Crippen molar-refractivity contribution in [2.75, 3.05) is 11.9 Å². The third-order valence-electron chi connectivity index (χ3n) is 4.41. The van der Waals surface area contributed by atoms with Gasteiger partial charge in [-0.15, -0.1) is 0 Å². The van der Waals surface area contributed by atoms with E-state index < -0.39 is 0 Å². The van der Waals surface area contributed by atoms with Crippen molar-refractivity contribution in [1.29, 1.82) is 0 Å². The summed E-state index contributed by atoms with van der Waals surface area (Å²) in [4.78, 5) is 12.1. The minimum Gasteiger partial charge on any atom is -0.393 e. The van der Waals surface area contributed by atoms with Crippen molar-refractivity contribution in [3.05, 3.63) is 29.3 Å². The van der Waals surface area contributed by atoms with Crippen LogP contribution < -0.4 is 10.6 Å². The summed E-state index contributed by atoms with van der Waals surface area (Å²) >= 11 is 0. The monoisotopic (exact) mass is 320 g/mol. The molecular formula is C18H28N2O3. The average molecular weight is 320 g/mol. The lowest BCUT2D eigenvalue weighted by atomic mass is 10.1. The first-order valence-electron chi connectivity index (χ1n) is 8.40. The molecule has 0 aliphatic heterocycles. The van der Waals surface area contributed by atoms with E-state index in [-0.39, 0.29) is 24.2 Å². The standard InChI is InChI=1S/C18H28N2O3/c1-12(2)23-11-15-7-4-8-16(13(15)3)20-18(22)19-10-14-6-5-9-17(14)21/h4,7-8,12,14,17,21H,5-6,9-11H2,1-3H3,(H2,19,20,22). The number of nitrogens with one attached hydrogen (secondary N) is 2. The Labute approximate surface area is 138 Å². The highest BCUT2D eigenvalue weighted by Gasteiger charge is 2.25. The molecule has 0 bridgehead atoms. The predicted octanol–water partition coefficient (Wildman–Crippen LogP) is 3.20. The van der Waals surface area contributed by atoms with Crippen LogP contribution in [0.1, 0.15) is 44.2 Å². The van der Waals surface area contributed by atoms with Crippen LogP contribution in [0.5, 0.6) is 0 Å². The van der Waals surface area contributed by atoms with E-state index in [0.29, 0.717) is 13.2 Å². The normalized spacial score (nSPS) is 20.7. The Morgan fingerprint density at radius 2 is 2.17 bits per heavy atom. The molecule has 2 unspecified atom stereocenters. The first-order valence-corrected chi connectivity index (χ1v) is 8.40. The Kier molecular flexibility index (Phi) is 6.42. The Balaban J connectivity index is 1.88. The van der Waals surface area contributed by atoms with E-state index in [1.807, 2.05) is 39.0 Å². The molecule has 2 atom stereocenters. The zero-order chi connectivity index (χ0) is 16.8. The molecule has 3 N–H and O–H groups in total. The smallest absolute Gasteiger partial charge is 0.319 e. The number of hydrogen-bond donors (Lipinski definition) is 3. The van der Waals surface area contributed by atoms with Gasteiger partial charge < -0.3 is 20.5 Å². The zero-order valence-corrected chi connectivity index (χ0v) is 14.3. The van der Waals surface area contributed by atoms with E-state index in [0.717, 1.165) is 36.1 Å². The largest absolute Gasteiger partial charge is 0.393 e. The fourth-order valence-corrected chi connectivity index (χ4v) is 2.88. The fraction of sp³-hybridized carbons (Fsp3) is 0.611. The van der Waals surface area contributed by atoms with Gasteiger partial charge in [0.25, 0.3) is 0 Å². The number of carbonyl (C=O) groups excluding carboxylic acids is 1. The van der Waals surface area contributed by atoms with Gasteiger partial charge in [0, 0.05) is 18.2 Å². The number of ether oxygens (including phenoxy) is 1. The van der Waals surface area contributed by atoms with Crippen LogP contribution in [-0.4, -0.2) is 29.9 Å². The molecule has 1 fully saturated rings. The van der Waals surface area contributed by atoms with Gasteiger partial charge in [-0.1, -0.05) is 18.6 Å². The highest BCUT2D eigenvalue weighted by Crippen LogP contribution is 2.25. The fourth-order valence-electron chi connectivity index (χ4n) is 2.88. The molecule has 5 nitrogen and oxygen atoms in total. The number of aliphatic hydroxyl groups excluding tert-OH is 1. The molecule has 0 radical (unpaired) electrons. The van der Waals surface area contributed by atoms with Crippen LogP contribution in [0.25, 0.3) is 0 Å². The van der Waals surface area contributed by atoms with Gasteiger partial charge in [-0.3, -0.25) is 0 Å². The van der Waals surface area contributed by atoms with Crippen LogP contribution in [-0.2, 0) is 11.3 Å². The summed E-state index contributed by atoms with van der Waals surface area (Å²) in [6.45, 7) is 7.04. The van der Waals surface area contributed by atoms with Crippen molar-refractivity contribution in [1.82, 2.24) is 5.32 Å². The van der Waals surface area contributed by atoms with E-state index in [4.69, 9.17) is 4.74 Å². The minimum absolute atomic E-state index is 0.173. The molecule has 5 heteroatoms. The summed E-state index contributed by atoms with van der Waals surface area (Å²) in [6, 6.07) is 5.59. The summed E-state index contributed by atoms with van der Waals surface area (Å²) in [6.07, 6.45) is 2.74. The number of anilines is 1. The van der Waals surface area contributed by atoms with Crippen molar-refractivity contribution in [3.8, 4) is 0 Å². The molecule has 23 heavy (non-hydrogen) atoms. The van der Waals surface area contributed by atoms with Gasteiger partial charge in [-0.25, -0.2) is 4.79 Å². The van der Waals surface area contributed by atoms with Crippen molar-refractivity contribution in [3.63, 3.8) is 0 Å². The van der Waals surface area contributed by atoms with Crippen molar-refractivity contribution < 1.29 is 14.6 Å². The lowest BCUT2D eigenvalue weighted by molar-refractivity contribution is 0.0654. The lowest BCUT2D eigenvalue weighted by Crippen LogP contribution is -2.35. The third kappa shape index (κ3) is 5.22. The van der Waals surface area contributed by atoms with Crippen LogP contribution in [0.15, 0.2) is 18.2 Å². The van der Waals surface area contributed by atoms with Gasteiger partial charge in [0.05, 0.1) is 18.8 Å². The SMILES string of the molecule is Cc1c(COC(C)C)cccc1NC(=O)NCC1CCCC1O. The Morgan fingerprint density at radius 1 is 1.39 bits per heavy atom. The maximum absolute atomic E-state index is 12.1. The second kappa shape index (κ2) is 8.31. The van der Waals surface area contributed by atoms with E-state index in [1.54, 1.807) is 0 Å². The summed E-state index contributed by atoms with van der Waals surface area (Å²) in [5, 5.41) is 15.5. The Hall–Kier alpha value is -1.59. The molecule has 2 amide bonds. The second-order valence-corrected chi connectivity index (χ2v) is 6.54. The zero-order valence-electron chi connectivity index (χ0n) is 14.3. The Morgan fingerprint density at radius 3 is 2.83 bits per heavy atom. The number of aliphatic hydroxyl groups is 1. The van der Waals surface area contributed by atoms with Gasteiger partial charge in [0.2, 0.25) is 0 Å². The highest BCUT2D eigenvalue weighted by molar-refractivity contribution is 5.90. The number of carbonyl (C=O) groups is 1. The topological polar surface area (TPSA) is 70.6 Å². The summed E-state index contributed by atoms with van der Waals surface area (Å²) in [5.74, 6) is 0.174. The number of hydrogen-bond acceptors (Lipinski definition) is 3. The van der Waals surface area contributed by atoms with Gasteiger partial charge in [0.1, 0.15) is 0 Å².